The van der Waals surface area contributed by atoms with E-state index in [0.717, 1.165) is 31.9 Å². The van der Waals surface area contributed by atoms with Crippen molar-refractivity contribution in [1.82, 2.24) is 4.90 Å². The summed E-state index contributed by atoms with van der Waals surface area (Å²) in [4.78, 5) is 14.6. The summed E-state index contributed by atoms with van der Waals surface area (Å²) >= 11 is 0. The third kappa shape index (κ3) is 4.66. The molecule has 6 nitrogen and oxygen atoms in total. The SMILES string of the molecule is COc1ccc(N([C@H](C)C(=O)N(C)C2CCCCC2)S(C)(=O)=O)cc1. The maximum absolute atomic E-state index is 12.9. The van der Waals surface area contributed by atoms with Crippen LogP contribution in [0.3, 0.4) is 0 Å². The molecule has 1 saturated carbocycles. The van der Waals surface area contributed by atoms with Crippen LogP contribution >= 0.6 is 0 Å². The molecule has 0 heterocycles. The summed E-state index contributed by atoms with van der Waals surface area (Å²) in [5.74, 6) is 0.462. The van der Waals surface area contributed by atoms with Crippen LogP contribution in [0, 0.1) is 0 Å². The van der Waals surface area contributed by atoms with Gasteiger partial charge in [0.25, 0.3) is 0 Å². The van der Waals surface area contributed by atoms with Gasteiger partial charge in [-0.05, 0) is 44.0 Å². The van der Waals surface area contributed by atoms with E-state index >= 15 is 0 Å². The van der Waals surface area contributed by atoms with E-state index in [1.807, 2.05) is 0 Å². The van der Waals surface area contributed by atoms with Crippen LogP contribution in [-0.4, -0.2) is 51.7 Å². The molecule has 0 saturated heterocycles. The summed E-state index contributed by atoms with van der Waals surface area (Å²) in [7, 11) is -0.270. The number of likely N-dealkylation sites (N-methyl/N-ethyl adjacent to an activating group) is 1. The first-order valence-electron chi connectivity index (χ1n) is 8.66. The van der Waals surface area contributed by atoms with Crippen molar-refractivity contribution in [3.05, 3.63) is 24.3 Å². The molecule has 0 bridgehead atoms. The van der Waals surface area contributed by atoms with Gasteiger partial charge in [-0.1, -0.05) is 19.3 Å². The highest BCUT2D eigenvalue weighted by molar-refractivity contribution is 7.92. The number of hydrogen-bond acceptors (Lipinski definition) is 4. The number of ether oxygens (including phenoxy) is 1. The van der Waals surface area contributed by atoms with Crippen molar-refractivity contribution < 1.29 is 17.9 Å². The maximum Gasteiger partial charge on any atom is 0.246 e. The highest BCUT2D eigenvalue weighted by Crippen LogP contribution is 2.26. The number of amides is 1. The Hall–Kier alpha value is -1.76. The number of rotatable bonds is 6. The van der Waals surface area contributed by atoms with Crippen LogP contribution in [0.2, 0.25) is 0 Å². The molecule has 7 heteroatoms. The minimum absolute atomic E-state index is 0.173. The number of benzene rings is 1. The first kappa shape index (κ1) is 19.6. The first-order valence-corrected chi connectivity index (χ1v) is 10.5. The fourth-order valence-electron chi connectivity index (χ4n) is 3.47. The summed E-state index contributed by atoms with van der Waals surface area (Å²) < 4.78 is 31.0. The number of hydrogen-bond donors (Lipinski definition) is 0. The van der Waals surface area contributed by atoms with Crippen LogP contribution in [0.5, 0.6) is 5.75 Å². The lowest BCUT2D eigenvalue weighted by atomic mass is 9.94. The van der Waals surface area contributed by atoms with Crippen molar-refractivity contribution in [2.45, 2.75) is 51.1 Å². The predicted octanol–water partition coefficient (Wildman–Crippen LogP) is 2.64. The van der Waals surface area contributed by atoms with Crippen molar-refractivity contribution in [2.75, 3.05) is 24.7 Å². The van der Waals surface area contributed by atoms with Gasteiger partial charge in [-0.15, -0.1) is 0 Å². The molecule has 1 aliphatic carbocycles. The van der Waals surface area contributed by atoms with Gasteiger partial charge < -0.3 is 9.64 Å². The lowest BCUT2D eigenvalue weighted by Gasteiger charge is -2.36. The van der Waals surface area contributed by atoms with Crippen molar-refractivity contribution >= 4 is 21.6 Å². The predicted molar refractivity (Wildman–Crippen MR) is 99.4 cm³/mol. The molecule has 2 rings (SSSR count). The van der Waals surface area contributed by atoms with Gasteiger partial charge in [-0.2, -0.15) is 0 Å². The minimum Gasteiger partial charge on any atom is -0.497 e. The zero-order valence-corrected chi connectivity index (χ0v) is 16.3. The van der Waals surface area contributed by atoms with Crippen LogP contribution in [-0.2, 0) is 14.8 Å². The van der Waals surface area contributed by atoms with E-state index in [4.69, 9.17) is 4.74 Å². The Morgan fingerprint density at radius 1 is 1.16 bits per heavy atom. The molecule has 140 valence electrons. The molecule has 0 N–H and O–H groups in total. The zero-order valence-electron chi connectivity index (χ0n) is 15.4. The van der Waals surface area contributed by atoms with Gasteiger partial charge in [0.15, 0.2) is 0 Å². The normalized spacial score (nSPS) is 17.0. The molecule has 0 radical (unpaired) electrons. The number of sulfonamides is 1. The standard InChI is InChI=1S/C18H28N2O4S/c1-14(18(21)19(2)15-8-6-5-7-9-15)20(25(4,22)23)16-10-12-17(24-3)13-11-16/h10-15H,5-9H2,1-4H3/t14-/m1/s1. The Bertz CT molecular complexity index is 682. The lowest BCUT2D eigenvalue weighted by Crippen LogP contribution is -2.51. The smallest absolute Gasteiger partial charge is 0.246 e. The molecule has 0 unspecified atom stereocenters. The lowest BCUT2D eigenvalue weighted by molar-refractivity contribution is -0.133. The monoisotopic (exact) mass is 368 g/mol. The van der Waals surface area contributed by atoms with Crippen LogP contribution < -0.4 is 9.04 Å². The summed E-state index contributed by atoms with van der Waals surface area (Å²) in [5, 5.41) is 0. The largest absolute Gasteiger partial charge is 0.497 e. The molecule has 1 aromatic carbocycles. The number of carbonyl (C=O) groups excluding carboxylic acids is 1. The Labute approximate surface area is 150 Å². The second-order valence-electron chi connectivity index (χ2n) is 6.67. The van der Waals surface area contributed by atoms with Crippen molar-refractivity contribution in [3.8, 4) is 5.75 Å². The van der Waals surface area contributed by atoms with Crippen molar-refractivity contribution in [3.63, 3.8) is 0 Å². The van der Waals surface area contributed by atoms with Gasteiger partial charge >= 0.3 is 0 Å². The van der Waals surface area contributed by atoms with Crippen LogP contribution in [0.25, 0.3) is 0 Å². The molecule has 1 aromatic rings. The van der Waals surface area contributed by atoms with Crippen molar-refractivity contribution in [1.29, 1.82) is 0 Å². The molecule has 1 aliphatic rings. The van der Waals surface area contributed by atoms with E-state index in [1.54, 1.807) is 50.2 Å². The van der Waals surface area contributed by atoms with Gasteiger partial charge in [0.1, 0.15) is 11.8 Å². The maximum atomic E-state index is 12.9. The van der Waals surface area contributed by atoms with Gasteiger partial charge in [0.2, 0.25) is 15.9 Å². The summed E-state index contributed by atoms with van der Waals surface area (Å²) in [5.41, 5.74) is 0.459. The summed E-state index contributed by atoms with van der Waals surface area (Å²) in [6.45, 7) is 1.65. The van der Waals surface area contributed by atoms with Crippen molar-refractivity contribution in [2.24, 2.45) is 0 Å². The van der Waals surface area contributed by atoms with E-state index in [9.17, 15) is 13.2 Å². The van der Waals surface area contributed by atoms with Gasteiger partial charge in [0.05, 0.1) is 19.1 Å². The van der Waals surface area contributed by atoms with E-state index in [0.29, 0.717) is 11.4 Å². The summed E-state index contributed by atoms with van der Waals surface area (Å²) in [6.07, 6.45) is 6.53. The quantitative estimate of drug-likeness (QED) is 0.774. The first-order chi connectivity index (χ1) is 11.8. The Kier molecular flexibility index (Phi) is 6.32. The molecular formula is C18H28N2O4S. The fourth-order valence-corrected chi connectivity index (χ4v) is 4.64. The third-order valence-corrected chi connectivity index (χ3v) is 6.11. The van der Waals surface area contributed by atoms with Gasteiger partial charge in [-0.3, -0.25) is 9.10 Å². The Balaban J connectivity index is 2.25. The Morgan fingerprint density at radius 2 is 1.72 bits per heavy atom. The average Bonchev–Trinajstić information content (AvgIpc) is 2.60. The number of anilines is 1. The summed E-state index contributed by atoms with van der Waals surface area (Å²) in [6, 6.07) is 6.09. The Morgan fingerprint density at radius 3 is 2.20 bits per heavy atom. The highest BCUT2D eigenvalue weighted by Gasteiger charge is 2.33. The third-order valence-electron chi connectivity index (χ3n) is 4.86. The minimum atomic E-state index is -3.60. The molecule has 1 atom stereocenters. The topological polar surface area (TPSA) is 66.9 Å². The molecule has 0 aromatic heterocycles. The number of carbonyl (C=O) groups is 1. The molecule has 0 aliphatic heterocycles. The second-order valence-corrected chi connectivity index (χ2v) is 8.53. The number of methoxy groups -OCH3 is 1. The van der Waals surface area contributed by atoms with E-state index < -0.39 is 16.1 Å². The molecule has 0 spiro atoms. The average molecular weight is 368 g/mol. The van der Waals surface area contributed by atoms with E-state index in [-0.39, 0.29) is 11.9 Å². The van der Waals surface area contributed by atoms with Crippen LogP contribution in [0.1, 0.15) is 39.0 Å². The second kappa shape index (κ2) is 8.08. The van der Waals surface area contributed by atoms with Crippen LogP contribution in [0.15, 0.2) is 24.3 Å². The van der Waals surface area contributed by atoms with Crippen LogP contribution in [0.4, 0.5) is 5.69 Å². The van der Waals surface area contributed by atoms with E-state index in [2.05, 4.69) is 0 Å². The molecular weight excluding hydrogens is 340 g/mol. The van der Waals surface area contributed by atoms with Gasteiger partial charge in [-0.25, -0.2) is 8.42 Å². The zero-order chi connectivity index (χ0) is 18.6. The van der Waals surface area contributed by atoms with E-state index in [1.165, 1.54) is 10.7 Å². The molecule has 1 fully saturated rings. The fraction of sp³-hybridized carbons (Fsp3) is 0.611. The number of nitrogens with zero attached hydrogens (tertiary/aromatic N) is 2. The highest BCUT2D eigenvalue weighted by atomic mass is 32.2. The molecule has 25 heavy (non-hydrogen) atoms. The molecule has 1 amide bonds. The van der Waals surface area contributed by atoms with Gasteiger partial charge in [0, 0.05) is 13.1 Å².